The standard InChI is InChI=1S/C8H12N2O/c1-3-6-11-8(2)10-5-4-9-7-10/h3-8H,1-2H3/b6-3-. The van der Waals surface area contributed by atoms with Crippen molar-refractivity contribution in [2.75, 3.05) is 0 Å². The van der Waals surface area contributed by atoms with Gasteiger partial charge in [-0.05, 0) is 13.8 Å². The van der Waals surface area contributed by atoms with Crippen molar-refractivity contribution < 1.29 is 4.74 Å². The Kier molecular flexibility index (Phi) is 2.72. The van der Waals surface area contributed by atoms with Crippen molar-refractivity contribution in [1.29, 1.82) is 0 Å². The molecule has 1 aromatic heterocycles. The van der Waals surface area contributed by atoms with Gasteiger partial charge in [0.05, 0.1) is 12.6 Å². The second kappa shape index (κ2) is 3.81. The first-order valence-electron chi connectivity index (χ1n) is 3.58. The summed E-state index contributed by atoms with van der Waals surface area (Å²) in [5.41, 5.74) is 0. The van der Waals surface area contributed by atoms with E-state index in [0.717, 1.165) is 0 Å². The van der Waals surface area contributed by atoms with Gasteiger partial charge in [0.1, 0.15) is 0 Å². The third-order valence-electron chi connectivity index (χ3n) is 1.36. The Balaban J connectivity index is 2.49. The zero-order valence-electron chi connectivity index (χ0n) is 6.77. The minimum atomic E-state index is 0.0219. The minimum Gasteiger partial charge on any atom is -0.478 e. The highest BCUT2D eigenvalue weighted by Crippen LogP contribution is 2.05. The molecule has 0 N–H and O–H groups in total. The van der Waals surface area contributed by atoms with E-state index in [1.807, 2.05) is 30.7 Å². The Hall–Kier alpha value is -1.25. The molecule has 3 nitrogen and oxygen atoms in total. The van der Waals surface area contributed by atoms with Crippen molar-refractivity contribution in [2.45, 2.75) is 20.1 Å². The molecule has 1 heterocycles. The second-order valence-corrected chi connectivity index (χ2v) is 2.21. The van der Waals surface area contributed by atoms with E-state index < -0.39 is 0 Å². The summed E-state index contributed by atoms with van der Waals surface area (Å²) in [5, 5.41) is 0. The van der Waals surface area contributed by atoms with Crippen LogP contribution in [0.3, 0.4) is 0 Å². The van der Waals surface area contributed by atoms with Crippen LogP contribution in [0.1, 0.15) is 20.1 Å². The molecule has 0 radical (unpaired) electrons. The first-order valence-corrected chi connectivity index (χ1v) is 3.58. The van der Waals surface area contributed by atoms with E-state index in [-0.39, 0.29) is 6.23 Å². The summed E-state index contributed by atoms with van der Waals surface area (Å²) < 4.78 is 7.17. The number of allylic oxidation sites excluding steroid dienone is 1. The first-order chi connectivity index (χ1) is 5.34. The predicted molar refractivity (Wildman–Crippen MR) is 42.8 cm³/mol. The van der Waals surface area contributed by atoms with Gasteiger partial charge in [0.15, 0.2) is 6.23 Å². The van der Waals surface area contributed by atoms with Gasteiger partial charge in [0.2, 0.25) is 0 Å². The lowest BCUT2D eigenvalue weighted by molar-refractivity contribution is 0.0978. The number of ether oxygens (including phenoxy) is 1. The molecule has 60 valence electrons. The molecule has 11 heavy (non-hydrogen) atoms. The lowest BCUT2D eigenvalue weighted by Crippen LogP contribution is -2.03. The van der Waals surface area contributed by atoms with Crippen molar-refractivity contribution in [2.24, 2.45) is 0 Å². The lowest BCUT2D eigenvalue weighted by atomic mass is 10.6. The molecule has 0 fully saturated rings. The van der Waals surface area contributed by atoms with Crippen LogP contribution in [0.15, 0.2) is 31.1 Å². The fourth-order valence-corrected chi connectivity index (χ4v) is 0.747. The Bertz CT molecular complexity index is 216. The normalized spacial score (nSPS) is 13.6. The first kappa shape index (κ1) is 7.85. The highest BCUT2D eigenvalue weighted by molar-refractivity contribution is 4.77. The molecule has 1 unspecified atom stereocenters. The number of aromatic nitrogens is 2. The van der Waals surface area contributed by atoms with E-state index in [1.54, 1.807) is 18.8 Å². The predicted octanol–water partition coefficient (Wildman–Crippen LogP) is 1.95. The molecule has 0 aliphatic heterocycles. The molecule has 0 aliphatic carbocycles. The SMILES string of the molecule is C/C=C\OC(C)n1ccnc1. The number of rotatable bonds is 3. The molecule has 0 aromatic carbocycles. The maximum Gasteiger partial charge on any atom is 0.173 e. The van der Waals surface area contributed by atoms with Gasteiger partial charge in [-0.15, -0.1) is 0 Å². The quantitative estimate of drug-likeness (QED) is 0.619. The smallest absolute Gasteiger partial charge is 0.173 e. The summed E-state index contributed by atoms with van der Waals surface area (Å²) in [6.45, 7) is 3.88. The highest BCUT2D eigenvalue weighted by atomic mass is 16.5. The van der Waals surface area contributed by atoms with Crippen LogP contribution >= 0.6 is 0 Å². The zero-order valence-corrected chi connectivity index (χ0v) is 6.77. The van der Waals surface area contributed by atoms with Gasteiger partial charge in [0.25, 0.3) is 0 Å². The summed E-state index contributed by atoms with van der Waals surface area (Å²) in [6.07, 6.45) is 8.88. The molecule has 0 amide bonds. The van der Waals surface area contributed by atoms with Gasteiger partial charge >= 0.3 is 0 Å². The summed E-state index contributed by atoms with van der Waals surface area (Å²) in [5.74, 6) is 0. The summed E-state index contributed by atoms with van der Waals surface area (Å²) in [6, 6.07) is 0. The maximum absolute atomic E-state index is 5.28. The van der Waals surface area contributed by atoms with Crippen LogP contribution in [0.5, 0.6) is 0 Å². The molecule has 0 aliphatic rings. The van der Waals surface area contributed by atoms with E-state index in [4.69, 9.17) is 4.74 Å². The number of hydrogen-bond acceptors (Lipinski definition) is 2. The zero-order chi connectivity index (χ0) is 8.10. The third-order valence-corrected chi connectivity index (χ3v) is 1.36. The van der Waals surface area contributed by atoms with Crippen molar-refractivity contribution in [3.05, 3.63) is 31.1 Å². The second-order valence-electron chi connectivity index (χ2n) is 2.21. The largest absolute Gasteiger partial charge is 0.478 e. The average molecular weight is 152 g/mol. The molecule has 1 aromatic rings. The lowest BCUT2D eigenvalue weighted by Gasteiger charge is -2.11. The Morgan fingerprint density at radius 3 is 3.00 bits per heavy atom. The van der Waals surface area contributed by atoms with Crippen LogP contribution in [0, 0.1) is 0 Å². The van der Waals surface area contributed by atoms with E-state index in [0.29, 0.717) is 0 Å². The maximum atomic E-state index is 5.28. The van der Waals surface area contributed by atoms with E-state index in [2.05, 4.69) is 4.98 Å². The number of hydrogen-bond donors (Lipinski definition) is 0. The molecular weight excluding hydrogens is 140 g/mol. The number of nitrogens with zero attached hydrogens (tertiary/aromatic N) is 2. The fourth-order valence-electron chi connectivity index (χ4n) is 0.747. The monoisotopic (exact) mass is 152 g/mol. The molecule has 1 rings (SSSR count). The van der Waals surface area contributed by atoms with Gasteiger partial charge in [-0.25, -0.2) is 4.98 Å². The highest BCUT2D eigenvalue weighted by Gasteiger charge is 1.99. The van der Waals surface area contributed by atoms with Gasteiger partial charge in [-0.1, -0.05) is 6.08 Å². The Labute approximate surface area is 66.3 Å². The van der Waals surface area contributed by atoms with Crippen LogP contribution in [0.25, 0.3) is 0 Å². The summed E-state index contributed by atoms with van der Waals surface area (Å²) in [4.78, 5) is 3.91. The van der Waals surface area contributed by atoms with E-state index in [1.165, 1.54) is 0 Å². The van der Waals surface area contributed by atoms with Crippen LogP contribution in [0.2, 0.25) is 0 Å². The van der Waals surface area contributed by atoms with Gasteiger partial charge in [-0.2, -0.15) is 0 Å². The van der Waals surface area contributed by atoms with Gasteiger partial charge in [-0.3, -0.25) is 0 Å². The van der Waals surface area contributed by atoms with Gasteiger partial charge < -0.3 is 9.30 Å². The van der Waals surface area contributed by atoms with Crippen molar-refractivity contribution in [3.8, 4) is 0 Å². The van der Waals surface area contributed by atoms with Gasteiger partial charge in [0, 0.05) is 12.4 Å². The summed E-state index contributed by atoms with van der Waals surface area (Å²) in [7, 11) is 0. The average Bonchev–Trinajstić information content (AvgIpc) is 2.52. The molecule has 3 heteroatoms. The summed E-state index contributed by atoms with van der Waals surface area (Å²) >= 11 is 0. The van der Waals surface area contributed by atoms with Crippen LogP contribution in [-0.2, 0) is 4.74 Å². The third kappa shape index (κ3) is 2.11. The molecule has 1 atom stereocenters. The van der Waals surface area contributed by atoms with E-state index in [9.17, 15) is 0 Å². The van der Waals surface area contributed by atoms with Crippen molar-refractivity contribution >= 4 is 0 Å². The van der Waals surface area contributed by atoms with Crippen LogP contribution < -0.4 is 0 Å². The van der Waals surface area contributed by atoms with Crippen LogP contribution in [0.4, 0.5) is 0 Å². The minimum absolute atomic E-state index is 0.0219. The molecular formula is C8H12N2O. The molecule has 0 saturated carbocycles. The van der Waals surface area contributed by atoms with Crippen molar-refractivity contribution in [3.63, 3.8) is 0 Å². The Morgan fingerprint density at radius 2 is 2.45 bits per heavy atom. The molecule has 0 saturated heterocycles. The van der Waals surface area contributed by atoms with Crippen LogP contribution in [-0.4, -0.2) is 9.55 Å². The molecule has 0 bridgehead atoms. The fraction of sp³-hybridized carbons (Fsp3) is 0.375. The van der Waals surface area contributed by atoms with Crippen molar-refractivity contribution in [1.82, 2.24) is 9.55 Å². The topological polar surface area (TPSA) is 27.1 Å². The van der Waals surface area contributed by atoms with E-state index >= 15 is 0 Å². The molecule has 0 spiro atoms. The number of imidazole rings is 1. The Morgan fingerprint density at radius 1 is 1.64 bits per heavy atom.